The lowest BCUT2D eigenvalue weighted by molar-refractivity contribution is 0.524. The third-order valence-electron chi connectivity index (χ3n) is 14.5. The monoisotopic (exact) mass is 970 g/mol. The van der Waals surface area contributed by atoms with Crippen molar-refractivity contribution < 1.29 is 9.46 Å². The molecule has 2 nitrogen and oxygen atoms in total. The van der Waals surface area contributed by atoms with Crippen LogP contribution >= 0.6 is 8.69 Å². The topological polar surface area (TPSA) is 37.3 Å². The lowest BCUT2D eigenvalue weighted by Gasteiger charge is -2.38. The molecule has 71 heavy (non-hydrogen) atoms. The molecule has 1 atom stereocenters. The number of hydrogen-bond donors (Lipinski definition) is 1. The van der Waals surface area contributed by atoms with Crippen molar-refractivity contribution >= 4 is 8.69 Å². The summed E-state index contributed by atoms with van der Waals surface area (Å²) in [4.78, 5) is 7.04. The van der Waals surface area contributed by atoms with Crippen molar-refractivity contribution in [3.8, 4) is 44.5 Å². The molecule has 0 amide bonds. The number of benzene rings is 6. The van der Waals surface area contributed by atoms with E-state index in [4.69, 9.17) is 9.46 Å². The van der Waals surface area contributed by atoms with Gasteiger partial charge in [-0.25, -0.2) is 0 Å². The summed E-state index contributed by atoms with van der Waals surface area (Å²) in [5.74, 6) is 0. The van der Waals surface area contributed by atoms with Crippen molar-refractivity contribution in [2.75, 3.05) is 0 Å². The van der Waals surface area contributed by atoms with Crippen LogP contribution in [0.25, 0.3) is 44.5 Å². The maximum absolute atomic E-state index is 8.51. The minimum atomic E-state index is -1.17. The Morgan fingerprint density at radius 2 is 0.479 bits per heavy atom. The minimum Gasteiger partial charge on any atom is -0.162 e. The van der Waals surface area contributed by atoms with Crippen LogP contribution in [0.5, 0.6) is 0 Å². The first-order valence-electron chi connectivity index (χ1n) is 26.2. The first-order chi connectivity index (χ1) is 32.3. The summed E-state index contributed by atoms with van der Waals surface area (Å²) in [5.41, 5.74) is 21.2. The van der Waals surface area contributed by atoms with E-state index in [2.05, 4.69) is 263 Å². The van der Waals surface area contributed by atoms with Crippen molar-refractivity contribution in [3.05, 3.63) is 162 Å². The number of hydrogen-bond acceptors (Lipinski definition) is 1. The molecule has 0 aromatic heterocycles. The number of rotatable bonds is 4. The maximum Gasteiger partial charge on any atom is 0.491 e. The minimum absolute atomic E-state index is 0.0786. The van der Waals surface area contributed by atoms with Crippen LogP contribution in [0.1, 0.15) is 211 Å². The number of fused-ring (bicyclic) bond motifs is 2. The molecule has 0 radical (unpaired) electrons. The van der Waals surface area contributed by atoms with Crippen LogP contribution in [-0.2, 0) is 47.9 Å². The van der Waals surface area contributed by atoms with Gasteiger partial charge < -0.3 is 0 Å². The molecule has 0 saturated heterocycles. The molecule has 0 fully saturated rings. The lowest BCUT2D eigenvalue weighted by atomic mass is 9.65. The van der Waals surface area contributed by atoms with Crippen LogP contribution in [-0.4, -0.2) is 4.89 Å². The predicted octanol–water partition coefficient (Wildman–Crippen LogP) is 19.5. The van der Waals surface area contributed by atoms with Crippen LogP contribution in [0.2, 0.25) is 0 Å². The van der Waals surface area contributed by atoms with E-state index >= 15 is 0 Å². The van der Waals surface area contributed by atoms with Gasteiger partial charge in [0.15, 0.2) is 0 Å². The first-order valence-corrected chi connectivity index (χ1v) is 27.1. The van der Waals surface area contributed by atoms with Gasteiger partial charge in [0.05, 0.1) is 0 Å². The summed E-state index contributed by atoms with van der Waals surface area (Å²) >= 11 is 0. The van der Waals surface area contributed by atoms with E-state index in [0.29, 0.717) is 0 Å². The Balaban J connectivity index is 0.00000268. The van der Waals surface area contributed by atoms with Crippen LogP contribution in [0, 0.1) is 20.9 Å². The van der Waals surface area contributed by atoms with Crippen molar-refractivity contribution in [3.63, 3.8) is 0 Å². The summed E-state index contributed by atoms with van der Waals surface area (Å²) < 4.78 is 8.51. The van der Waals surface area contributed by atoms with Gasteiger partial charge in [-0.3, -0.25) is 0 Å². The molecule has 3 heteroatoms. The van der Waals surface area contributed by atoms with E-state index in [1.54, 1.807) is 0 Å². The molecule has 378 valence electrons. The standard InChI is InChI=1S/C68H88.HO2P/c1-61(2,3)47-37-27-33-43(57(47)65(13,14)15)53-51-41-31-25-26-32-42(41)52(51)54(44-34-28-38-48(62(4,5)6)58(44)66(16,17)18)56(46-36-30-40-50(64(10,11)12)60(46)68(22,23)24)55(53)45-35-29-39-49(63(7,8)9)59(45)67(19,20)21;1-3-2/h25-40H,1-24H3;3H/p+1. The first kappa shape index (κ1) is 55.7. The van der Waals surface area contributed by atoms with Gasteiger partial charge in [-0.05, 0) is 158 Å². The SMILES string of the molecule is CC(C)(C)c1cccc(-c2c(-c3cccc(C(C)(C)C)c3C(C)(C)C)c(-c3cccc(C(C)(C)C)c3C(C)(C)C)c3c(c2-c2cccc(C(C)(C)C)c2C(C)(C)C)=c2ccccc2=3)c1C(C)(C)C.O=[PH+]O. The van der Waals surface area contributed by atoms with Gasteiger partial charge in [0.2, 0.25) is 0 Å². The average molecular weight is 970 g/mol. The Hall–Kier alpha value is -4.62. The Kier molecular flexibility index (Phi) is 14.7. The highest BCUT2D eigenvalue weighted by Crippen LogP contribution is 2.57. The van der Waals surface area contributed by atoms with Gasteiger partial charge in [0.1, 0.15) is 0 Å². The van der Waals surface area contributed by atoms with Crippen molar-refractivity contribution in [1.82, 2.24) is 0 Å². The van der Waals surface area contributed by atoms with Crippen LogP contribution in [0.15, 0.2) is 97.1 Å². The zero-order chi connectivity index (χ0) is 53.6. The average Bonchev–Trinajstić information content (AvgIpc) is 3.21. The Labute approximate surface area is 432 Å². The van der Waals surface area contributed by atoms with Gasteiger partial charge in [-0.1, -0.05) is 263 Å². The third kappa shape index (κ3) is 10.5. The van der Waals surface area contributed by atoms with Gasteiger partial charge >= 0.3 is 8.69 Å². The van der Waals surface area contributed by atoms with Gasteiger partial charge in [0, 0.05) is 0 Å². The molecule has 6 aromatic carbocycles. The molecule has 0 bridgehead atoms. The molecule has 1 N–H and O–H groups in total. The Bertz CT molecular complexity index is 3000. The zero-order valence-electron chi connectivity index (χ0n) is 48.6. The molecule has 0 aliphatic heterocycles. The van der Waals surface area contributed by atoms with Gasteiger partial charge in [-0.15, -0.1) is 0 Å². The van der Waals surface area contributed by atoms with Crippen molar-refractivity contribution in [1.29, 1.82) is 0 Å². The molecule has 6 aromatic rings. The van der Waals surface area contributed by atoms with E-state index < -0.39 is 8.69 Å². The normalized spacial score (nSPS) is 13.6. The molecule has 1 aliphatic rings. The highest BCUT2D eigenvalue weighted by Gasteiger charge is 2.39. The van der Waals surface area contributed by atoms with Crippen LogP contribution in [0.4, 0.5) is 0 Å². The van der Waals surface area contributed by atoms with Crippen LogP contribution in [0.3, 0.4) is 0 Å². The predicted molar refractivity (Wildman–Crippen MR) is 311 cm³/mol. The largest absolute Gasteiger partial charge is 0.491 e. The molecule has 0 spiro atoms. The molecule has 0 heterocycles. The molecule has 7 rings (SSSR count). The highest BCUT2D eigenvalue weighted by molar-refractivity contribution is 7.16. The fourth-order valence-corrected chi connectivity index (χ4v) is 12.0. The summed E-state index contributed by atoms with van der Waals surface area (Å²) in [7, 11) is -1.17. The Morgan fingerprint density at radius 1 is 0.282 bits per heavy atom. The molecule has 0 saturated carbocycles. The molecule has 1 aliphatic carbocycles. The molecular formula is C68H90O2P+. The maximum atomic E-state index is 8.51. The van der Waals surface area contributed by atoms with E-state index in [9.17, 15) is 0 Å². The van der Waals surface area contributed by atoms with E-state index in [1.165, 1.54) is 110 Å². The third-order valence-corrected chi connectivity index (χ3v) is 14.5. The second kappa shape index (κ2) is 18.7. The molecular weight excluding hydrogens is 880 g/mol. The Morgan fingerprint density at radius 3 is 0.662 bits per heavy atom. The fraction of sp³-hybridized carbons (Fsp3) is 0.471. The summed E-state index contributed by atoms with van der Waals surface area (Å²) in [6.45, 7) is 58.2. The van der Waals surface area contributed by atoms with Gasteiger partial charge in [0.25, 0.3) is 0 Å². The summed E-state index contributed by atoms with van der Waals surface area (Å²) in [6, 6.07) is 38.5. The second-order valence-corrected chi connectivity index (χ2v) is 29.0. The van der Waals surface area contributed by atoms with Gasteiger partial charge in [-0.2, -0.15) is 4.89 Å². The molecule has 1 unspecified atom stereocenters. The fourth-order valence-electron chi connectivity index (χ4n) is 12.0. The van der Waals surface area contributed by atoms with E-state index in [1.807, 2.05) is 0 Å². The van der Waals surface area contributed by atoms with E-state index in [-0.39, 0.29) is 43.3 Å². The summed E-state index contributed by atoms with van der Waals surface area (Å²) in [5, 5.41) is 5.47. The van der Waals surface area contributed by atoms with E-state index in [0.717, 1.165) is 0 Å². The van der Waals surface area contributed by atoms with Crippen molar-refractivity contribution in [2.45, 2.75) is 209 Å². The smallest absolute Gasteiger partial charge is 0.162 e. The van der Waals surface area contributed by atoms with Crippen LogP contribution < -0.4 is 0 Å². The summed E-state index contributed by atoms with van der Waals surface area (Å²) in [6.07, 6.45) is 0. The quantitative estimate of drug-likeness (QED) is 0.179. The lowest BCUT2D eigenvalue weighted by Crippen LogP contribution is -2.25. The van der Waals surface area contributed by atoms with Crippen molar-refractivity contribution in [2.24, 2.45) is 0 Å². The second-order valence-electron chi connectivity index (χ2n) is 28.8. The zero-order valence-corrected chi connectivity index (χ0v) is 49.6. The highest BCUT2D eigenvalue weighted by atomic mass is 31.1.